The smallest absolute Gasteiger partial charge is 0.324 e. The van der Waals surface area contributed by atoms with E-state index >= 15 is 0 Å². The number of hydrogen-bond acceptors (Lipinski definition) is 8. The summed E-state index contributed by atoms with van der Waals surface area (Å²) >= 11 is 12.1. The minimum Gasteiger partial charge on any atom is -0.480 e. The number of allylic oxidation sites excluding steroid dienone is 3. The standard InChI is InChI=1S/C23H23Cl2N5O7S2/c1-38(33,34)28-5-7-37-22-13-26-21(12-27-22)29-6-4-15-8-18(2-3-20(15)29)30(14-23(31)32)39(35,36)19-10-16(24)9-17(25)11-19/h2-4,6,8-10,12-13,19,28H,5,7,11,14H2,1H3,(H,31,32). The van der Waals surface area contributed by atoms with E-state index in [9.17, 15) is 26.7 Å². The number of carbonyl (C=O) groups is 1. The lowest BCUT2D eigenvalue weighted by atomic mass is 10.2. The van der Waals surface area contributed by atoms with E-state index in [0.29, 0.717) is 16.7 Å². The molecule has 1 aliphatic rings. The number of nitrogens with zero attached hydrogens (tertiary/aromatic N) is 4. The SMILES string of the molecule is CS(=O)(=O)NCCOc1cnc(-n2ccc3cc(N(CC(=O)O)S(=O)(=O)C4C=C(Cl)C=C(Cl)C4)ccc32)cn1. The van der Waals surface area contributed by atoms with Gasteiger partial charge in [0.15, 0.2) is 5.82 Å². The van der Waals surface area contributed by atoms with Gasteiger partial charge in [0.1, 0.15) is 18.4 Å². The molecular weight excluding hydrogens is 593 g/mol. The van der Waals surface area contributed by atoms with Gasteiger partial charge < -0.3 is 9.84 Å². The first kappa shape index (κ1) is 28.8. The van der Waals surface area contributed by atoms with Crippen molar-refractivity contribution in [3.63, 3.8) is 0 Å². The summed E-state index contributed by atoms with van der Waals surface area (Å²) in [5.41, 5.74) is 0.828. The van der Waals surface area contributed by atoms with E-state index < -0.39 is 37.8 Å². The molecule has 3 aromatic rings. The Labute approximate surface area is 234 Å². The number of sulfonamides is 2. The van der Waals surface area contributed by atoms with Gasteiger partial charge in [-0.05, 0) is 36.4 Å². The van der Waals surface area contributed by atoms with Crippen LogP contribution in [0, 0.1) is 0 Å². The number of anilines is 1. The third-order valence-corrected chi connectivity index (χ3v) is 8.79. The van der Waals surface area contributed by atoms with Gasteiger partial charge in [-0.2, -0.15) is 0 Å². The number of benzene rings is 1. The average Bonchev–Trinajstić information content (AvgIpc) is 3.27. The molecular formula is C23H23Cl2N5O7S2. The molecule has 39 heavy (non-hydrogen) atoms. The van der Waals surface area contributed by atoms with E-state index in [1.807, 2.05) is 0 Å². The Morgan fingerprint density at radius 2 is 1.97 bits per heavy atom. The molecule has 16 heteroatoms. The van der Waals surface area contributed by atoms with Crippen LogP contribution in [0.3, 0.4) is 0 Å². The van der Waals surface area contributed by atoms with Crippen LogP contribution in [0.25, 0.3) is 16.7 Å². The summed E-state index contributed by atoms with van der Waals surface area (Å²) in [4.78, 5) is 20.1. The molecule has 1 unspecified atom stereocenters. The topological polar surface area (TPSA) is 161 Å². The highest BCUT2D eigenvalue weighted by Crippen LogP contribution is 2.32. The summed E-state index contributed by atoms with van der Waals surface area (Å²) in [6, 6.07) is 6.45. The summed E-state index contributed by atoms with van der Waals surface area (Å²) in [6.45, 7) is -0.642. The second-order valence-corrected chi connectivity index (χ2v) is 13.3. The maximum Gasteiger partial charge on any atom is 0.324 e. The Morgan fingerprint density at radius 1 is 1.21 bits per heavy atom. The first-order valence-corrected chi connectivity index (χ1v) is 15.5. The summed E-state index contributed by atoms with van der Waals surface area (Å²) < 4.78 is 59.4. The fourth-order valence-corrected chi connectivity index (χ4v) is 6.84. The molecule has 12 nitrogen and oxygen atoms in total. The monoisotopic (exact) mass is 615 g/mol. The van der Waals surface area contributed by atoms with E-state index in [4.69, 9.17) is 27.9 Å². The van der Waals surface area contributed by atoms with Crippen molar-refractivity contribution in [1.29, 1.82) is 0 Å². The van der Waals surface area contributed by atoms with Crippen molar-refractivity contribution in [2.24, 2.45) is 0 Å². The zero-order valence-electron chi connectivity index (χ0n) is 20.4. The van der Waals surface area contributed by atoms with Crippen LogP contribution < -0.4 is 13.8 Å². The van der Waals surface area contributed by atoms with E-state index in [0.717, 1.165) is 10.6 Å². The molecule has 0 spiro atoms. The largest absolute Gasteiger partial charge is 0.480 e. The van der Waals surface area contributed by atoms with Crippen molar-refractivity contribution in [3.05, 3.63) is 65.1 Å². The van der Waals surface area contributed by atoms with Gasteiger partial charge >= 0.3 is 5.97 Å². The predicted octanol–water partition coefficient (Wildman–Crippen LogP) is 2.59. The molecule has 1 aromatic carbocycles. The van der Waals surface area contributed by atoms with Crippen LogP contribution in [0.2, 0.25) is 0 Å². The number of rotatable bonds is 11. The van der Waals surface area contributed by atoms with E-state index in [-0.39, 0.29) is 41.2 Å². The van der Waals surface area contributed by atoms with Crippen LogP contribution in [-0.2, 0) is 24.8 Å². The fraction of sp³-hybridized carbons (Fsp3) is 0.261. The Kier molecular flexibility index (Phi) is 8.51. The molecule has 0 fully saturated rings. The maximum absolute atomic E-state index is 13.5. The summed E-state index contributed by atoms with van der Waals surface area (Å²) in [7, 11) is -7.51. The number of halogens is 2. The molecule has 208 valence electrons. The molecule has 0 bridgehead atoms. The molecule has 1 atom stereocenters. The van der Waals surface area contributed by atoms with E-state index in [1.54, 1.807) is 29.0 Å². The number of aromatic nitrogens is 3. The minimum atomic E-state index is -4.19. The van der Waals surface area contributed by atoms with Gasteiger partial charge in [-0.3, -0.25) is 13.7 Å². The van der Waals surface area contributed by atoms with Crippen molar-refractivity contribution in [1.82, 2.24) is 19.3 Å². The van der Waals surface area contributed by atoms with Crippen LogP contribution in [0.5, 0.6) is 5.88 Å². The molecule has 2 heterocycles. The van der Waals surface area contributed by atoms with Gasteiger partial charge in [0.2, 0.25) is 25.9 Å². The van der Waals surface area contributed by atoms with Gasteiger partial charge in [-0.15, -0.1) is 0 Å². The number of aliphatic carboxylic acids is 1. The van der Waals surface area contributed by atoms with Crippen LogP contribution in [0.15, 0.2) is 65.1 Å². The Balaban J connectivity index is 1.57. The third kappa shape index (κ3) is 7.08. The number of carboxylic acid groups (broad SMARTS) is 1. The number of carboxylic acids is 1. The molecule has 0 amide bonds. The highest BCUT2D eigenvalue weighted by atomic mass is 35.5. The van der Waals surface area contributed by atoms with Gasteiger partial charge in [-0.25, -0.2) is 31.5 Å². The van der Waals surface area contributed by atoms with Gasteiger partial charge in [0, 0.05) is 34.6 Å². The lowest BCUT2D eigenvalue weighted by Gasteiger charge is -2.28. The summed E-state index contributed by atoms with van der Waals surface area (Å²) in [5.74, 6) is -0.680. The van der Waals surface area contributed by atoms with Crippen LogP contribution in [-0.4, -0.2) is 73.6 Å². The minimum absolute atomic E-state index is 0.0263. The van der Waals surface area contributed by atoms with Gasteiger partial charge in [0.05, 0.1) is 29.9 Å². The molecule has 2 N–H and O–H groups in total. The number of fused-ring (bicyclic) bond motifs is 1. The molecule has 0 radical (unpaired) electrons. The number of nitrogens with one attached hydrogen (secondary N) is 1. The molecule has 1 aliphatic carbocycles. The quantitative estimate of drug-likeness (QED) is 0.309. The van der Waals surface area contributed by atoms with Gasteiger partial charge in [0.25, 0.3) is 0 Å². The van der Waals surface area contributed by atoms with Crippen LogP contribution >= 0.6 is 23.2 Å². The van der Waals surface area contributed by atoms with Gasteiger partial charge in [-0.1, -0.05) is 23.2 Å². The Hall–Kier alpha value is -3.17. The highest BCUT2D eigenvalue weighted by Gasteiger charge is 2.34. The molecule has 4 rings (SSSR count). The third-order valence-electron chi connectivity index (χ3n) is 5.54. The first-order chi connectivity index (χ1) is 18.3. The second kappa shape index (κ2) is 11.5. The lowest BCUT2D eigenvalue weighted by molar-refractivity contribution is -0.135. The molecule has 0 saturated carbocycles. The van der Waals surface area contributed by atoms with Crippen LogP contribution in [0.4, 0.5) is 5.69 Å². The average molecular weight is 617 g/mol. The maximum atomic E-state index is 13.5. The first-order valence-electron chi connectivity index (χ1n) is 11.3. The fourth-order valence-electron chi connectivity index (χ4n) is 3.87. The van der Waals surface area contributed by atoms with Crippen LogP contribution in [0.1, 0.15) is 6.42 Å². The second-order valence-electron chi connectivity index (χ2n) is 8.49. The predicted molar refractivity (Wildman–Crippen MR) is 147 cm³/mol. The summed E-state index contributed by atoms with van der Waals surface area (Å²) in [6.07, 6.45) is 8.36. The zero-order chi connectivity index (χ0) is 28.4. The number of hydrogen-bond donors (Lipinski definition) is 2. The summed E-state index contributed by atoms with van der Waals surface area (Å²) in [5, 5.41) is 9.37. The van der Waals surface area contributed by atoms with Crippen molar-refractivity contribution in [2.75, 3.05) is 30.3 Å². The van der Waals surface area contributed by atoms with E-state index in [2.05, 4.69) is 14.7 Å². The Bertz CT molecular complexity index is 1670. The van der Waals surface area contributed by atoms with Crippen molar-refractivity contribution < 1.29 is 31.5 Å². The zero-order valence-corrected chi connectivity index (χ0v) is 23.5. The molecule has 2 aromatic heterocycles. The number of ether oxygens (including phenoxy) is 1. The van der Waals surface area contributed by atoms with Crippen molar-refractivity contribution in [2.45, 2.75) is 11.7 Å². The Morgan fingerprint density at radius 3 is 2.62 bits per heavy atom. The lowest BCUT2D eigenvalue weighted by Crippen LogP contribution is -2.41. The normalized spacial score (nSPS) is 16.0. The van der Waals surface area contributed by atoms with Crippen molar-refractivity contribution >= 4 is 65.8 Å². The molecule has 0 aliphatic heterocycles. The highest BCUT2D eigenvalue weighted by molar-refractivity contribution is 7.93. The van der Waals surface area contributed by atoms with E-state index in [1.165, 1.54) is 30.6 Å². The van der Waals surface area contributed by atoms with Crippen molar-refractivity contribution in [3.8, 4) is 11.7 Å². The molecule has 0 saturated heterocycles.